The number of hydrogen-bond acceptors (Lipinski definition) is 2. The van der Waals surface area contributed by atoms with Gasteiger partial charge in [-0.25, -0.2) is 0 Å². The van der Waals surface area contributed by atoms with Gasteiger partial charge in [-0.1, -0.05) is 15.9 Å². The average molecular weight is 334 g/mol. The lowest BCUT2D eigenvalue weighted by molar-refractivity contribution is 0.0787. The number of carbonyl (C=O) groups excluding carboxylic acids is 1. The van der Waals surface area contributed by atoms with E-state index in [1.165, 1.54) is 0 Å². The van der Waals surface area contributed by atoms with E-state index in [4.69, 9.17) is 5.73 Å². The van der Waals surface area contributed by atoms with Crippen molar-refractivity contribution < 1.29 is 4.79 Å². The second kappa shape index (κ2) is 6.55. The SMILES string of the molecule is Cc1cc(C(=O)N2CCC(CN)C2)ccc1Br.Cl. The first kappa shape index (κ1) is 15.5. The fraction of sp³-hybridized carbons (Fsp3) is 0.462. The molecule has 18 heavy (non-hydrogen) atoms. The molecule has 0 radical (unpaired) electrons. The first-order valence-corrected chi connectivity index (χ1v) is 6.66. The molecule has 1 aliphatic rings. The summed E-state index contributed by atoms with van der Waals surface area (Å²) in [4.78, 5) is 14.1. The van der Waals surface area contributed by atoms with Gasteiger partial charge in [-0.15, -0.1) is 12.4 Å². The van der Waals surface area contributed by atoms with Gasteiger partial charge in [0.05, 0.1) is 0 Å². The van der Waals surface area contributed by atoms with E-state index in [0.29, 0.717) is 12.5 Å². The van der Waals surface area contributed by atoms with E-state index in [9.17, 15) is 4.79 Å². The van der Waals surface area contributed by atoms with E-state index in [0.717, 1.165) is 35.1 Å². The van der Waals surface area contributed by atoms with Crippen LogP contribution in [0.4, 0.5) is 0 Å². The maximum atomic E-state index is 12.2. The Balaban J connectivity index is 0.00000162. The lowest BCUT2D eigenvalue weighted by Gasteiger charge is -2.16. The van der Waals surface area contributed by atoms with Gasteiger partial charge in [-0.3, -0.25) is 4.79 Å². The number of halogens is 2. The largest absolute Gasteiger partial charge is 0.338 e. The molecule has 0 spiro atoms. The van der Waals surface area contributed by atoms with Crippen molar-refractivity contribution in [1.29, 1.82) is 0 Å². The summed E-state index contributed by atoms with van der Waals surface area (Å²) < 4.78 is 1.04. The number of likely N-dealkylation sites (tertiary alicyclic amines) is 1. The van der Waals surface area contributed by atoms with E-state index >= 15 is 0 Å². The topological polar surface area (TPSA) is 46.3 Å². The van der Waals surface area contributed by atoms with Crippen molar-refractivity contribution in [1.82, 2.24) is 4.90 Å². The number of nitrogens with two attached hydrogens (primary N) is 1. The Morgan fingerprint density at radius 1 is 1.56 bits per heavy atom. The standard InChI is InChI=1S/C13H17BrN2O.ClH/c1-9-6-11(2-3-12(9)14)13(17)16-5-4-10(7-15)8-16;/h2-3,6,10H,4-5,7-8,15H2,1H3;1H. The molecular formula is C13H18BrClN2O. The van der Waals surface area contributed by atoms with Crippen molar-refractivity contribution in [3.8, 4) is 0 Å². The summed E-state index contributed by atoms with van der Waals surface area (Å²) in [5.41, 5.74) is 7.49. The Hall–Kier alpha value is -0.580. The Morgan fingerprint density at radius 2 is 2.28 bits per heavy atom. The van der Waals surface area contributed by atoms with Crippen LogP contribution in [-0.2, 0) is 0 Å². The second-order valence-electron chi connectivity index (χ2n) is 4.61. The fourth-order valence-corrected chi connectivity index (χ4v) is 2.42. The quantitative estimate of drug-likeness (QED) is 0.904. The molecule has 5 heteroatoms. The Kier molecular flexibility index (Phi) is 5.63. The summed E-state index contributed by atoms with van der Waals surface area (Å²) in [6, 6.07) is 5.73. The minimum absolute atomic E-state index is 0. The molecule has 1 amide bonds. The minimum atomic E-state index is 0. The Morgan fingerprint density at radius 3 is 2.83 bits per heavy atom. The molecule has 100 valence electrons. The van der Waals surface area contributed by atoms with Crippen molar-refractivity contribution in [2.24, 2.45) is 11.7 Å². The van der Waals surface area contributed by atoms with Crippen LogP contribution in [0.15, 0.2) is 22.7 Å². The van der Waals surface area contributed by atoms with Gasteiger partial charge in [0.15, 0.2) is 0 Å². The Labute approximate surface area is 122 Å². The first-order chi connectivity index (χ1) is 8.11. The van der Waals surface area contributed by atoms with Crippen LogP contribution >= 0.6 is 28.3 Å². The molecule has 1 aromatic rings. The zero-order valence-corrected chi connectivity index (χ0v) is 12.8. The molecule has 0 aromatic heterocycles. The smallest absolute Gasteiger partial charge is 0.253 e. The molecule has 1 aromatic carbocycles. The number of aryl methyl sites for hydroxylation is 1. The molecule has 1 heterocycles. The van der Waals surface area contributed by atoms with Gasteiger partial charge in [-0.05, 0) is 49.6 Å². The highest BCUT2D eigenvalue weighted by molar-refractivity contribution is 9.10. The van der Waals surface area contributed by atoms with Crippen molar-refractivity contribution in [2.45, 2.75) is 13.3 Å². The van der Waals surface area contributed by atoms with E-state index < -0.39 is 0 Å². The normalized spacial score (nSPS) is 18.6. The monoisotopic (exact) mass is 332 g/mol. The molecule has 0 saturated carbocycles. The van der Waals surface area contributed by atoms with E-state index in [-0.39, 0.29) is 18.3 Å². The zero-order chi connectivity index (χ0) is 12.4. The lowest BCUT2D eigenvalue weighted by atomic mass is 10.1. The number of benzene rings is 1. The molecule has 3 nitrogen and oxygen atoms in total. The Bertz CT molecular complexity index is 439. The summed E-state index contributed by atoms with van der Waals surface area (Å²) in [6.07, 6.45) is 1.03. The molecule has 1 saturated heterocycles. The van der Waals surface area contributed by atoms with Crippen molar-refractivity contribution >= 4 is 34.2 Å². The van der Waals surface area contributed by atoms with Gasteiger partial charge in [0.1, 0.15) is 0 Å². The summed E-state index contributed by atoms with van der Waals surface area (Å²) in [7, 11) is 0. The van der Waals surface area contributed by atoms with E-state index in [1.807, 2.05) is 30.0 Å². The number of hydrogen-bond donors (Lipinski definition) is 1. The van der Waals surface area contributed by atoms with Gasteiger partial charge in [0.2, 0.25) is 0 Å². The van der Waals surface area contributed by atoms with Crippen molar-refractivity contribution in [3.05, 3.63) is 33.8 Å². The van der Waals surface area contributed by atoms with E-state index in [1.54, 1.807) is 0 Å². The average Bonchev–Trinajstić information content (AvgIpc) is 2.80. The number of carbonyl (C=O) groups is 1. The molecule has 1 fully saturated rings. The maximum Gasteiger partial charge on any atom is 0.253 e. The van der Waals surface area contributed by atoms with Crippen LogP contribution in [-0.4, -0.2) is 30.4 Å². The van der Waals surface area contributed by atoms with Gasteiger partial charge in [-0.2, -0.15) is 0 Å². The van der Waals surface area contributed by atoms with E-state index in [2.05, 4.69) is 15.9 Å². The molecule has 1 atom stereocenters. The highest BCUT2D eigenvalue weighted by Gasteiger charge is 2.25. The van der Waals surface area contributed by atoms with Crippen molar-refractivity contribution in [3.63, 3.8) is 0 Å². The van der Waals surface area contributed by atoms with Crippen LogP contribution in [0, 0.1) is 12.8 Å². The summed E-state index contributed by atoms with van der Waals surface area (Å²) in [5.74, 6) is 0.590. The molecule has 0 aliphatic carbocycles. The summed E-state index contributed by atoms with van der Waals surface area (Å²) in [6.45, 7) is 4.29. The third kappa shape index (κ3) is 3.25. The van der Waals surface area contributed by atoms with Crippen LogP contribution in [0.25, 0.3) is 0 Å². The summed E-state index contributed by atoms with van der Waals surface area (Å²) >= 11 is 3.44. The second-order valence-corrected chi connectivity index (χ2v) is 5.46. The highest BCUT2D eigenvalue weighted by atomic mass is 79.9. The number of nitrogens with zero attached hydrogens (tertiary/aromatic N) is 1. The molecule has 2 rings (SSSR count). The minimum Gasteiger partial charge on any atom is -0.338 e. The fourth-order valence-electron chi connectivity index (χ4n) is 2.17. The third-order valence-corrected chi connectivity index (χ3v) is 4.20. The predicted molar refractivity (Wildman–Crippen MR) is 79.2 cm³/mol. The molecule has 0 bridgehead atoms. The third-order valence-electron chi connectivity index (χ3n) is 3.31. The number of amides is 1. The maximum absolute atomic E-state index is 12.2. The van der Waals surface area contributed by atoms with Gasteiger partial charge in [0.25, 0.3) is 5.91 Å². The highest BCUT2D eigenvalue weighted by Crippen LogP contribution is 2.21. The van der Waals surface area contributed by atoms with Gasteiger partial charge in [0, 0.05) is 23.1 Å². The molecule has 1 aliphatic heterocycles. The van der Waals surface area contributed by atoms with Gasteiger partial charge < -0.3 is 10.6 Å². The van der Waals surface area contributed by atoms with Crippen LogP contribution in [0.3, 0.4) is 0 Å². The zero-order valence-electron chi connectivity index (χ0n) is 10.4. The van der Waals surface area contributed by atoms with Crippen molar-refractivity contribution in [2.75, 3.05) is 19.6 Å². The first-order valence-electron chi connectivity index (χ1n) is 5.87. The number of rotatable bonds is 2. The summed E-state index contributed by atoms with van der Waals surface area (Å²) in [5, 5.41) is 0. The predicted octanol–water partition coefficient (Wildman–Crippen LogP) is 2.60. The lowest BCUT2D eigenvalue weighted by Crippen LogP contribution is -2.29. The van der Waals surface area contributed by atoms with Crippen LogP contribution in [0.1, 0.15) is 22.3 Å². The molecule has 2 N–H and O–H groups in total. The molecule has 1 unspecified atom stereocenters. The van der Waals surface area contributed by atoms with Crippen LogP contribution in [0.2, 0.25) is 0 Å². The van der Waals surface area contributed by atoms with Crippen LogP contribution < -0.4 is 5.73 Å². The van der Waals surface area contributed by atoms with Crippen LogP contribution in [0.5, 0.6) is 0 Å². The molecular weight excluding hydrogens is 316 g/mol. The van der Waals surface area contributed by atoms with Gasteiger partial charge >= 0.3 is 0 Å².